The number of halogens is 3. The zero-order valence-corrected chi connectivity index (χ0v) is 12.2. The Bertz CT molecular complexity index is 771. The van der Waals surface area contributed by atoms with Gasteiger partial charge in [-0.3, -0.25) is 14.9 Å². The molecule has 0 radical (unpaired) electrons. The van der Waals surface area contributed by atoms with Gasteiger partial charge in [-0.2, -0.15) is 4.39 Å². The van der Waals surface area contributed by atoms with E-state index in [-0.39, 0.29) is 22.9 Å². The van der Waals surface area contributed by atoms with E-state index in [0.29, 0.717) is 0 Å². The molecule has 0 saturated carbocycles. The lowest BCUT2D eigenvalue weighted by Gasteiger charge is -2.09. The van der Waals surface area contributed by atoms with Gasteiger partial charge >= 0.3 is 5.69 Å². The molecule has 0 saturated heterocycles. The first-order valence-corrected chi connectivity index (χ1v) is 6.67. The Labute approximate surface area is 134 Å². The number of carbonyl (C=O) groups excluding carboxylic acids is 1. The molecule has 23 heavy (non-hydrogen) atoms. The molecule has 2 aromatic rings. The van der Waals surface area contributed by atoms with Crippen LogP contribution in [0.5, 0.6) is 0 Å². The molecule has 0 aliphatic rings. The second-order valence-corrected chi connectivity index (χ2v) is 4.89. The normalized spacial score (nSPS) is 10.2. The first-order chi connectivity index (χ1) is 10.9. The molecule has 1 amide bonds. The van der Waals surface area contributed by atoms with Crippen molar-refractivity contribution in [3.8, 4) is 0 Å². The number of hydrogen-bond acceptors (Lipinski definition) is 4. The third-order valence-electron chi connectivity index (χ3n) is 2.80. The SMILES string of the molecule is O=C(CNc1ccc(F)c([N+](=O)[O-])c1)Nc1ccc(Cl)cc1F. The summed E-state index contributed by atoms with van der Waals surface area (Å²) in [6, 6.07) is 6.89. The molecule has 0 aromatic heterocycles. The summed E-state index contributed by atoms with van der Waals surface area (Å²) in [6.45, 7) is -0.287. The lowest BCUT2D eigenvalue weighted by Crippen LogP contribution is -2.22. The molecule has 0 unspecified atom stereocenters. The number of nitro groups is 1. The van der Waals surface area contributed by atoms with E-state index >= 15 is 0 Å². The van der Waals surface area contributed by atoms with Gasteiger partial charge in [-0.1, -0.05) is 11.6 Å². The fraction of sp³-hybridized carbons (Fsp3) is 0.0714. The summed E-state index contributed by atoms with van der Waals surface area (Å²) in [5.74, 6) is -2.25. The van der Waals surface area contributed by atoms with Crippen LogP contribution in [-0.4, -0.2) is 17.4 Å². The van der Waals surface area contributed by atoms with Gasteiger partial charge in [-0.25, -0.2) is 4.39 Å². The second kappa shape index (κ2) is 7.01. The minimum atomic E-state index is -0.978. The maximum Gasteiger partial charge on any atom is 0.306 e. The summed E-state index contributed by atoms with van der Waals surface area (Å²) in [4.78, 5) is 21.5. The fourth-order valence-corrected chi connectivity index (χ4v) is 1.89. The first-order valence-electron chi connectivity index (χ1n) is 6.29. The molecule has 0 fully saturated rings. The van der Waals surface area contributed by atoms with Crippen LogP contribution < -0.4 is 10.6 Å². The number of benzene rings is 2. The minimum absolute atomic E-state index is 0.0497. The third-order valence-corrected chi connectivity index (χ3v) is 3.04. The number of rotatable bonds is 5. The summed E-state index contributed by atoms with van der Waals surface area (Å²) < 4.78 is 26.7. The Morgan fingerprint density at radius 3 is 2.57 bits per heavy atom. The van der Waals surface area contributed by atoms with Crippen molar-refractivity contribution in [3.05, 3.63) is 63.2 Å². The Balaban J connectivity index is 1.99. The molecule has 0 spiro atoms. The van der Waals surface area contributed by atoms with Crippen molar-refractivity contribution in [1.82, 2.24) is 0 Å². The van der Waals surface area contributed by atoms with Crippen LogP contribution in [-0.2, 0) is 4.79 Å². The highest BCUT2D eigenvalue weighted by molar-refractivity contribution is 6.30. The van der Waals surface area contributed by atoms with Gasteiger partial charge in [0.1, 0.15) is 5.82 Å². The Hall–Kier alpha value is -2.74. The van der Waals surface area contributed by atoms with Gasteiger partial charge in [0.05, 0.1) is 17.2 Å². The van der Waals surface area contributed by atoms with Gasteiger partial charge in [-0.05, 0) is 30.3 Å². The van der Waals surface area contributed by atoms with E-state index in [2.05, 4.69) is 10.6 Å². The van der Waals surface area contributed by atoms with Gasteiger partial charge in [-0.15, -0.1) is 0 Å². The van der Waals surface area contributed by atoms with Crippen molar-refractivity contribution in [2.24, 2.45) is 0 Å². The number of nitrogens with zero attached hydrogens (tertiary/aromatic N) is 1. The maximum atomic E-state index is 13.5. The smallest absolute Gasteiger partial charge is 0.306 e. The number of nitrogens with one attached hydrogen (secondary N) is 2. The molecule has 0 aliphatic carbocycles. The standard InChI is InChI=1S/C14H10ClF2N3O3/c15-8-1-4-12(11(17)5-8)19-14(21)7-18-9-2-3-10(16)13(6-9)20(22)23/h1-6,18H,7H2,(H,19,21). The molecular weight excluding hydrogens is 332 g/mol. The molecule has 120 valence electrons. The van der Waals surface area contributed by atoms with E-state index in [1.54, 1.807) is 0 Å². The molecular formula is C14H10ClF2N3O3. The van der Waals surface area contributed by atoms with Crippen LogP contribution in [0, 0.1) is 21.7 Å². The molecule has 9 heteroatoms. The topological polar surface area (TPSA) is 84.3 Å². The lowest BCUT2D eigenvalue weighted by atomic mass is 10.2. The average Bonchev–Trinajstić information content (AvgIpc) is 2.49. The third kappa shape index (κ3) is 4.36. The van der Waals surface area contributed by atoms with Gasteiger partial charge in [0.2, 0.25) is 11.7 Å². The highest BCUT2D eigenvalue weighted by Crippen LogP contribution is 2.22. The zero-order valence-electron chi connectivity index (χ0n) is 11.5. The molecule has 0 bridgehead atoms. The van der Waals surface area contributed by atoms with Gasteiger partial charge in [0.25, 0.3) is 0 Å². The summed E-state index contributed by atoms with van der Waals surface area (Å²) in [5, 5.41) is 15.7. The van der Waals surface area contributed by atoms with Crippen LogP contribution in [0.2, 0.25) is 5.02 Å². The predicted octanol–water partition coefficient (Wildman–Crippen LogP) is 3.58. The van der Waals surface area contributed by atoms with Crippen LogP contribution in [0.15, 0.2) is 36.4 Å². The summed E-state index contributed by atoms with van der Waals surface area (Å²) in [7, 11) is 0. The van der Waals surface area contributed by atoms with Gasteiger partial charge in [0.15, 0.2) is 0 Å². The predicted molar refractivity (Wildman–Crippen MR) is 81.6 cm³/mol. The highest BCUT2D eigenvalue weighted by atomic mass is 35.5. The molecule has 0 atom stereocenters. The zero-order chi connectivity index (χ0) is 17.0. The molecule has 2 rings (SSSR count). The van der Waals surface area contributed by atoms with E-state index in [1.165, 1.54) is 18.2 Å². The number of carbonyl (C=O) groups is 1. The van der Waals surface area contributed by atoms with Crippen LogP contribution in [0.1, 0.15) is 0 Å². The van der Waals surface area contributed by atoms with Crippen LogP contribution in [0.4, 0.5) is 25.8 Å². The van der Waals surface area contributed by atoms with E-state index in [9.17, 15) is 23.7 Å². The number of anilines is 2. The van der Waals surface area contributed by atoms with Crippen LogP contribution >= 0.6 is 11.6 Å². The molecule has 0 heterocycles. The maximum absolute atomic E-state index is 13.5. The Kier molecular flexibility index (Phi) is 5.07. The summed E-state index contributed by atoms with van der Waals surface area (Å²) in [5.41, 5.74) is -0.574. The lowest BCUT2D eigenvalue weighted by molar-refractivity contribution is -0.387. The van der Waals surface area contributed by atoms with Crippen molar-refractivity contribution >= 4 is 34.6 Å². The molecule has 2 aromatic carbocycles. The van der Waals surface area contributed by atoms with E-state index in [1.807, 2.05) is 0 Å². The monoisotopic (exact) mass is 341 g/mol. The molecule has 0 aliphatic heterocycles. The van der Waals surface area contributed by atoms with Crippen molar-refractivity contribution in [3.63, 3.8) is 0 Å². The van der Waals surface area contributed by atoms with Crippen molar-refractivity contribution in [2.75, 3.05) is 17.2 Å². The van der Waals surface area contributed by atoms with Crippen LogP contribution in [0.3, 0.4) is 0 Å². The summed E-state index contributed by atoms with van der Waals surface area (Å²) in [6.07, 6.45) is 0. The van der Waals surface area contributed by atoms with E-state index < -0.39 is 28.2 Å². The number of hydrogen-bond donors (Lipinski definition) is 2. The quantitative estimate of drug-likeness (QED) is 0.643. The van der Waals surface area contributed by atoms with Crippen molar-refractivity contribution in [2.45, 2.75) is 0 Å². The number of nitro benzene ring substituents is 1. The van der Waals surface area contributed by atoms with Crippen LogP contribution in [0.25, 0.3) is 0 Å². The van der Waals surface area contributed by atoms with E-state index in [4.69, 9.17) is 11.6 Å². The number of amides is 1. The minimum Gasteiger partial charge on any atom is -0.376 e. The molecule has 2 N–H and O–H groups in total. The molecule has 6 nitrogen and oxygen atoms in total. The highest BCUT2D eigenvalue weighted by Gasteiger charge is 2.14. The Morgan fingerprint density at radius 1 is 1.17 bits per heavy atom. The second-order valence-electron chi connectivity index (χ2n) is 4.45. The van der Waals surface area contributed by atoms with Crippen molar-refractivity contribution in [1.29, 1.82) is 0 Å². The van der Waals surface area contributed by atoms with E-state index in [0.717, 1.165) is 18.2 Å². The summed E-state index contributed by atoms with van der Waals surface area (Å²) >= 11 is 5.60. The van der Waals surface area contributed by atoms with Gasteiger partial charge in [0, 0.05) is 16.8 Å². The Morgan fingerprint density at radius 2 is 1.91 bits per heavy atom. The first kappa shape index (κ1) is 16.6. The largest absolute Gasteiger partial charge is 0.376 e. The van der Waals surface area contributed by atoms with Gasteiger partial charge < -0.3 is 10.6 Å². The average molecular weight is 342 g/mol. The van der Waals surface area contributed by atoms with Crippen molar-refractivity contribution < 1.29 is 18.5 Å². The fourth-order valence-electron chi connectivity index (χ4n) is 1.73.